The second-order valence-electron chi connectivity index (χ2n) is 7.27. The summed E-state index contributed by atoms with van der Waals surface area (Å²) in [6.45, 7) is 6.34. The fourth-order valence-electron chi connectivity index (χ4n) is 3.30. The van der Waals surface area contributed by atoms with E-state index in [1.807, 2.05) is 18.2 Å². The van der Waals surface area contributed by atoms with Crippen LogP contribution in [0.4, 0.5) is 16.2 Å². The molecule has 8 heteroatoms. The van der Waals surface area contributed by atoms with Gasteiger partial charge in [-0.15, -0.1) is 0 Å². The molecule has 1 saturated heterocycles. The maximum absolute atomic E-state index is 12.6. The van der Waals surface area contributed by atoms with Crippen molar-refractivity contribution in [3.05, 3.63) is 60.2 Å². The van der Waals surface area contributed by atoms with E-state index in [9.17, 15) is 14.4 Å². The Labute approximate surface area is 182 Å². The summed E-state index contributed by atoms with van der Waals surface area (Å²) in [4.78, 5) is 40.6. The van der Waals surface area contributed by atoms with Crippen molar-refractivity contribution in [2.45, 2.75) is 19.9 Å². The molecule has 1 atom stereocenters. The number of carbonyl (C=O) groups is 3. The Balaban J connectivity index is 1.46. The maximum Gasteiger partial charge on any atom is 0.338 e. The van der Waals surface area contributed by atoms with Crippen molar-refractivity contribution in [1.29, 1.82) is 0 Å². The van der Waals surface area contributed by atoms with Gasteiger partial charge in [0, 0.05) is 37.6 Å². The predicted molar refractivity (Wildman–Crippen MR) is 119 cm³/mol. The molecular weight excluding hydrogens is 396 g/mol. The van der Waals surface area contributed by atoms with Crippen LogP contribution in [0.5, 0.6) is 0 Å². The van der Waals surface area contributed by atoms with Gasteiger partial charge >= 0.3 is 12.0 Å². The Bertz CT molecular complexity index is 894. The molecule has 1 unspecified atom stereocenters. The highest BCUT2D eigenvalue weighted by Crippen LogP contribution is 2.16. The van der Waals surface area contributed by atoms with Gasteiger partial charge in [-0.2, -0.15) is 0 Å². The molecule has 2 aromatic rings. The molecular formula is C23H28N4O4. The van der Waals surface area contributed by atoms with Crippen LogP contribution in [0.2, 0.25) is 0 Å². The largest absolute Gasteiger partial charge is 0.462 e. The lowest BCUT2D eigenvalue weighted by atomic mass is 10.2. The molecule has 3 amide bonds. The number of nitrogens with one attached hydrogen (secondary N) is 2. The average molecular weight is 425 g/mol. The van der Waals surface area contributed by atoms with Crippen LogP contribution in [0.25, 0.3) is 0 Å². The summed E-state index contributed by atoms with van der Waals surface area (Å²) in [6, 6.07) is 15.6. The molecule has 2 aromatic carbocycles. The minimum absolute atomic E-state index is 0.256. The standard InChI is InChI=1S/C23H28N4O4/c1-3-31-22(29)18-9-11-19(12-10-18)25-21(28)17(2)24-23(30)27-15-13-26(14-16-27)20-7-5-4-6-8-20/h4-12,17H,3,13-16H2,1-2H3,(H,24,30)(H,25,28). The average Bonchev–Trinajstić information content (AvgIpc) is 2.80. The van der Waals surface area contributed by atoms with E-state index < -0.39 is 12.0 Å². The van der Waals surface area contributed by atoms with E-state index in [0.29, 0.717) is 30.9 Å². The van der Waals surface area contributed by atoms with Crippen molar-refractivity contribution in [3.8, 4) is 0 Å². The Morgan fingerprint density at radius 3 is 2.23 bits per heavy atom. The summed E-state index contributed by atoms with van der Waals surface area (Å²) in [6.07, 6.45) is 0. The van der Waals surface area contributed by atoms with Gasteiger partial charge in [-0.3, -0.25) is 4.79 Å². The third-order valence-electron chi connectivity index (χ3n) is 5.09. The third kappa shape index (κ3) is 5.97. The molecule has 0 bridgehead atoms. The van der Waals surface area contributed by atoms with Crippen molar-refractivity contribution in [1.82, 2.24) is 10.2 Å². The molecule has 0 radical (unpaired) electrons. The number of hydrogen-bond acceptors (Lipinski definition) is 5. The quantitative estimate of drug-likeness (QED) is 0.696. The number of amides is 3. The van der Waals surface area contributed by atoms with E-state index in [0.717, 1.165) is 18.8 Å². The number of esters is 1. The Hall–Kier alpha value is -3.55. The van der Waals surface area contributed by atoms with Crippen LogP contribution in [-0.4, -0.2) is 61.6 Å². The van der Waals surface area contributed by atoms with E-state index in [-0.39, 0.29) is 11.9 Å². The summed E-state index contributed by atoms with van der Waals surface area (Å²) < 4.78 is 4.94. The number of nitrogens with zero attached hydrogens (tertiary/aromatic N) is 2. The topological polar surface area (TPSA) is 91.0 Å². The van der Waals surface area contributed by atoms with Gasteiger partial charge in [0.2, 0.25) is 5.91 Å². The molecule has 0 saturated carbocycles. The Morgan fingerprint density at radius 1 is 0.968 bits per heavy atom. The summed E-state index contributed by atoms with van der Waals surface area (Å²) in [5.74, 6) is -0.742. The number of hydrogen-bond donors (Lipinski definition) is 2. The van der Waals surface area contributed by atoms with Crippen LogP contribution >= 0.6 is 0 Å². The number of anilines is 2. The fourth-order valence-corrected chi connectivity index (χ4v) is 3.30. The smallest absolute Gasteiger partial charge is 0.338 e. The van der Waals surface area contributed by atoms with Crippen LogP contribution in [0.3, 0.4) is 0 Å². The molecule has 2 N–H and O–H groups in total. The minimum Gasteiger partial charge on any atom is -0.462 e. The number of benzene rings is 2. The van der Waals surface area contributed by atoms with Gasteiger partial charge in [0.25, 0.3) is 0 Å². The van der Waals surface area contributed by atoms with Crippen LogP contribution in [0, 0.1) is 0 Å². The highest BCUT2D eigenvalue weighted by Gasteiger charge is 2.24. The predicted octanol–water partition coefficient (Wildman–Crippen LogP) is 2.72. The number of rotatable bonds is 6. The van der Waals surface area contributed by atoms with Gasteiger partial charge < -0.3 is 25.2 Å². The molecule has 1 aliphatic heterocycles. The zero-order chi connectivity index (χ0) is 22.2. The minimum atomic E-state index is -0.704. The highest BCUT2D eigenvalue weighted by atomic mass is 16.5. The molecule has 1 aliphatic rings. The van der Waals surface area contributed by atoms with Gasteiger partial charge in [-0.05, 0) is 50.2 Å². The number of ether oxygens (including phenoxy) is 1. The Morgan fingerprint density at radius 2 is 1.61 bits per heavy atom. The van der Waals surface area contributed by atoms with E-state index in [1.54, 1.807) is 43.0 Å². The number of piperazine rings is 1. The molecule has 3 rings (SSSR count). The molecule has 0 aliphatic carbocycles. The first-order chi connectivity index (χ1) is 15.0. The number of carbonyl (C=O) groups excluding carboxylic acids is 3. The number of para-hydroxylation sites is 1. The monoisotopic (exact) mass is 424 g/mol. The van der Waals surface area contributed by atoms with E-state index >= 15 is 0 Å². The zero-order valence-electron chi connectivity index (χ0n) is 17.8. The van der Waals surface area contributed by atoms with Crippen LogP contribution in [0.15, 0.2) is 54.6 Å². The zero-order valence-corrected chi connectivity index (χ0v) is 17.8. The van der Waals surface area contributed by atoms with Crippen LogP contribution in [0.1, 0.15) is 24.2 Å². The second kappa shape index (κ2) is 10.5. The molecule has 1 fully saturated rings. The maximum atomic E-state index is 12.6. The van der Waals surface area contributed by atoms with Crippen molar-refractivity contribution >= 4 is 29.3 Å². The summed E-state index contributed by atoms with van der Waals surface area (Å²) >= 11 is 0. The van der Waals surface area contributed by atoms with Crippen LogP contribution < -0.4 is 15.5 Å². The van der Waals surface area contributed by atoms with E-state index in [1.165, 1.54) is 0 Å². The second-order valence-corrected chi connectivity index (χ2v) is 7.27. The van der Waals surface area contributed by atoms with Crippen molar-refractivity contribution in [2.75, 3.05) is 43.0 Å². The molecule has 8 nitrogen and oxygen atoms in total. The summed E-state index contributed by atoms with van der Waals surface area (Å²) in [5, 5.41) is 5.50. The third-order valence-corrected chi connectivity index (χ3v) is 5.09. The van der Waals surface area contributed by atoms with Crippen LogP contribution in [-0.2, 0) is 9.53 Å². The van der Waals surface area contributed by atoms with Crippen molar-refractivity contribution < 1.29 is 19.1 Å². The van der Waals surface area contributed by atoms with Gasteiger partial charge in [-0.1, -0.05) is 18.2 Å². The van der Waals surface area contributed by atoms with E-state index in [2.05, 4.69) is 27.7 Å². The SMILES string of the molecule is CCOC(=O)c1ccc(NC(=O)C(C)NC(=O)N2CCN(c3ccccc3)CC2)cc1. The normalized spacial score (nSPS) is 14.5. The summed E-state index contributed by atoms with van der Waals surface area (Å²) in [7, 11) is 0. The molecule has 31 heavy (non-hydrogen) atoms. The number of urea groups is 1. The molecule has 0 spiro atoms. The first-order valence-electron chi connectivity index (χ1n) is 10.4. The van der Waals surface area contributed by atoms with Gasteiger partial charge in [0.15, 0.2) is 0 Å². The van der Waals surface area contributed by atoms with Gasteiger partial charge in [0.05, 0.1) is 12.2 Å². The molecule has 164 valence electrons. The van der Waals surface area contributed by atoms with Gasteiger partial charge in [0.1, 0.15) is 6.04 Å². The van der Waals surface area contributed by atoms with Crippen molar-refractivity contribution in [3.63, 3.8) is 0 Å². The fraction of sp³-hybridized carbons (Fsp3) is 0.348. The lowest BCUT2D eigenvalue weighted by molar-refractivity contribution is -0.117. The van der Waals surface area contributed by atoms with E-state index in [4.69, 9.17) is 4.74 Å². The lowest BCUT2D eigenvalue weighted by Gasteiger charge is -2.36. The van der Waals surface area contributed by atoms with Crippen molar-refractivity contribution in [2.24, 2.45) is 0 Å². The highest BCUT2D eigenvalue weighted by molar-refractivity contribution is 5.97. The first kappa shape index (κ1) is 22.1. The van der Waals surface area contributed by atoms with Gasteiger partial charge in [-0.25, -0.2) is 9.59 Å². The lowest BCUT2D eigenvalue weighted by Crippen LogP contribution is -2.54. The summed E-state index contributed by atoms with van der Waals surface area (Å²) in [5.41, 5.74) is 2.09. The molecule has 0 aromatic heterocycles. The Kier molecular flexibility index (Phi) is 7.48. The molecule has 1 heterocycles. The first-order valence-corrected chi connectivity index (χ1v) is 10.4.